The average Bonchev–Trinajstić information content (AvgIpc) is 3.30. The molecule has 0 amide bonds. The summed E-state index contributed by atoms with van der Waals surface area (Å²) in [6.07, 6.45) is 6.65. The number of hydrogen-bond acceptors (Lipinski definition) is 4. The monoisotopic (exact) mass is 537 g/mol. The van der Waals surface area contributed by atoms with E-state index in [4.69, 9.17) is 12.2 Å². The van der Waals surface area contributed by atoms with Crippen molar-refractivity contribution in [1.29, 1.82) is 0 Å². The van der Waals surface area contributed by atoms with Crippen LogP contribution in [0.4, 0.5) is 13.2 Å². The van der Waals surface area contributed by atoms with Crippen LogP contribution in [0.5, 0.6) is 5.75 Å². The first-order chi connectivity index (χ1) is 18.2. The highest BCUT2D eigenvalue weighted by Gasteiger charge is 2.31. The largest absolute Gasteiger partial charge is 0.573 e. The first-order valence-corrected chi connectivity index (χ1v) is 12.6. The second kappa shape index (κ2) is 10.4. The molecule has 10 heteroatoms. The van der Waals surface area contributed by atoms with Gasteiger partial charge in [0.25, 0.3) is 0 Å². The summed E-state index contributed by atoms with van der Waals surface area (Å²) in [5, 5.41) is 12.6. The van der Waals surface area contributed by atoms with Gasteiger partial charge in [0.05, 0.1) is 29.8 Å². The second-order valence-electron chi connectivity index (χ2n) is 9.35. The molecular weight excluding hydrogens is 511 g/mol. The molecule has 6 nitrogen and oxygen atoms in total. The number of aromatic nitrogens is 2. The highest BCUT2D eigenvalue weighted by atomic mass is 32.1. The fourth-order valence-electron chi connectivity index (χ4n) is 4.86. The minimum absolute atomic E-state index is 0.139. The lowest BCUT2D eigenvalue weighted by Gasteiger charge is -2.27. The number of thiocarbonyl (C=S) groups is 1. The van der Waals surface area contributed by atoms with Gasteiger partial charge in [-0.05, 0) is 84.9 Å². The van der Waals surface area contributed by atoms with Crippen LogP contribution in [0.25, 0.3) is 16.8 Å². The van der Waals surface area contributed by atoms with Crippen LogP contribution in [0.1, 0.15) is 30.7 Å². The molecule has 5 rings (SSSR count). The number of ether oxygens (including phenoxy) is 1. The van der Waals surface area contributed by atoms with Crippen LogP contribution in [-0.2, 0) is 12.8 Å². The lowest BCUT2D eigenvalue weighted by atomic mass is 9.89. The van der Waals surface area contributed by atoms with E-state index >= 15 is 0 Å². The number of benzene rings is 2. The summed E-state index contributed by atoms with van der Waals surface area (Å²) in [5.41, 5.74) is 10.0. The molecule has 0 radical (unpaired) electrons. The van der Waals surface area contributed by atoms with Crippen LogP contribution in [0, 0.1) is 5.92 Å². The molecule has 2 aliphatic rings. The van der Waals surface area contributed by atoms with Gasteiger partial charge in [-0.15, -0.1) is 13.2 Å². The van der Waals surface area contributed by atoms with E-state index < -0.39 is 6.36 Å². The molecule has 2 aromatic carbocycles. The standard InChI is InChI=1S/C28H26F3N5OS/c1-17-4-3-5-18(2)26(17)34-27(38)35-32-15-19-6-12-23-20(14-19)7-13-25-24(23)16-33-36(25)21-8-10-22(11-9-21)37-28(29,30)31/h3-6,8-12,14-17,26H,7,13H2,1-2H3,(H2,34,35,38)/b32-15+. The van der Waals surface area contributed by atoms with Crippen molar-refractivity contribution in [3.05, 3.63) is 89.3 Å². The van der Waals surface area contributed by atoms with Crippen molar-refractivity contribution in [3.8, 4) is 22.6 Å². The van der Waals surface area contributed by atoms with Crippen LogP contribution < -0.4 is 15.5 Å². The molecule has 38 heavy (non-hydrogen) atoms. The van der Waals surface area contributed by atoms with Gasteiger partial charge in [0.2, 0.25) is 0 Å². The normalized spacial score (nSPS) is 18.5. The maximum absolute atomic E-state index is 12.5. The van der Waals surface area contributed by atoms with Crippen molar-refractivity contribution in [2.24, 2.45) is 11.0 Å². The number of nitrogens with zero attached hydrogens (tertiary/aromatic N) is 3. The summed E-state index contributed by atoms with van der Waals surface area (Å²) in [5.74, 6) is 0.0712. The van der Waals surface area contributed by atoms with Crippen molar-refractivity contribution in [1.82, 2.24) is 20.5 Å². The SMILES string of the molecule is CC1=CC=CC(C)C1NC(=S)N/N=C/c1ccc2c(c1)CCc1c-2cnn1-c1ccc(OC(F)(F)F)cc1. The van der Waals surface area contributed by atoms with Gasteiger partial charge in [-0.1, -0.05) is 42.9 Å². The molecule has 2 atom stereocenters. The molecular formula is C28H26F3N5OS. The summed E-state index contributed by atoms with van der Waals surface area (Å²) in [4.78, 5) is 0. The minimum atomic E-state index is -4.72. The lowest BCUT2D eigenvalue weighted by molar-refractivity contribution is -0.274. The number of rotatable bonds is 5. The van der Waals surface area contributed by atoms with E-state index in [9.17, 15) is 13.2 Å². The zero-order valence-electron chi connectivity index (χ0n) is 20.8. The Hall–Kier alpha value is -3.92. The van der Waals surface area contributed by atoms with E-state index in [1.807, 2.05) is 12.1 Å². The summed E-state index contributed by atoms with van der Waals surface area (Å²) in [6, 6.07) is 12.0. The summed E-state index contributed by atoms with van der Waals surface area (Å²) in [7, 11) is 0. The third kappa shape index (κ3) is 5.65. The molecule has 0 fully saturated rings. The van der Waals surface area contributed by atoms with E-state index in [0.717, 1.165) is 35.2 Å². The third-order valence-corrected chi connectivity index (χ3v) is 6.90. The Labute approximate surface area is 223 Å². The molecule has 0 aliphatic heterocycles. The molecule has 1 aromatic heterocycles. The number of hydrogen-bond donors (Lipinski definition) is 2. The molecule has 2 aliphatic carbocycles. The zero-order chi connectivity index (χ0) is 26.9. The number of nitrogens with one attached hydrogen (secondary N) is 2. The third-order valence-electron chi connectivity index (χ3n) is 6.69. The second-order valence-corrected chi connectivity index (χ2v) is 9.76. The number of aryl methyl sites for hydroxylation is 1. The topological polar surface area (TPSA) is 63.5 Å². The summed E-state index contributed by atoms with van der Waals surface area (Å²) >= 11 is 5.42. The van der Waals surface area contributed by atoms with E-state index in [1.165, 1.54) is 23.3 Å². The van der Waals surface area contributed by atoms with Gasteiger partial charge >= 0.3 is 6.36 Å². The predicted molar refractivity (Wildman–Crippen MR) is 145 cm³/mol. The Kier molecular flexibility index (Phi) is 7.07. The summed E-state index contributed by atoms with van der Waals surface area (Å²) in [6.45, 7) is 4.22. The fraction of sp³-hybridized carbons (Fsp3) is 0.250. The molecule has 0 spiro atoms. The van der Waals surface area contributed by atoms with Crippen molar-refractivity contribution in [3.63, 3.8) is 0 Å². The highest BCUT2D eigenvalue weighted by Crippen LogP contribution is 2.35. The van der Waals surface area contributed by atoms with Crippen molar-refractivity contribution in [2.45, 2.75) is 39.1 Å². The molecule has 2 N–H and O–H groups in total. The quantitative estimate of drug-likeness (QED) is 0.243. The molecule has 0 bridgehead atoms. The first-order valence-electron chi connectivity index (χ1n) is 12.2. The van der Waals surface area contributed by atoms with Crippen LogP contribution in [0.3, 0.4) is 0 Å². The predicted octanol–water partition coefficient (Wildman–Crippen LogP) is 5.86. The molecule has 1 heterocycles. The molecule has 0 saturated heterocycles. The molecule has 196 valence electrons. The maximum atomic E-state index is 12.5. The van der Waals surface area contributed by atoms with Gasteiger partial charge in [0.1, 0.15) is 5.75 Å². The zero-order valence-corrected chi connectivity index (χ0v) is 21.6. The molecule has 2 unspecified atom stereocenters. The van der Waals surface area contributed by atoms with E-state index in [-0.39, 0.29) is 11.8 Å². The fourth-order valence-corrected chi connectivity index (χ4v) is 5.04. The van der Waals surface area contributed by atoms with E-state index in [1.54, 1.807) is 29.2 Å². The average molecular weight is 538 g/mol. The smallest absolute Gasteiger partial charge is 0.406 e. The van der Waals surface area contributed by atoms with Crippen molar-refractivity contribution >= 4 is 23.5 Å². The van der Waals surface area contributed by atoms with E-state index in [0.29, 0.717) is 16.7 Å². The maximum Gasteiger partial charge on any atom is 0.573 e. The van der Waals surface area contributed by atoms with Gasteiger partial charge in [0.15, 0.2) is 5.11 Å². The van der Waals surface area contributed by atoms with Gasteiger partial charge in [-0.3, -0.25) is 5.43 Å². The van der Waals surface area contributed by atoms with Gasteiger partial charge in [-0.2, -0.15) is 10.2 Å². The number of halogens is 3. The van der Waals surface area contributed by atoms with Crippen molar-refractivity contribution < 1.29 is 17.9 Å². The highest BCUT2D eigenvalue weighted by molar-refractivity contribution is 7.80. The Morgan fingerprint density at radius 3 is 2.68 bits per heavy atom. The molecule has 0 saturated carbocycles. The summed E-state index contributed by atoms with van der Waals surface area (Å²) < 4.78 is 43.1. The molecule has 3 aromatic rings. The van der Waals surface area contributed by atoms with Crippen molar-refractivity contribution in [2.75, 3.05) is 0 Å². The number of hydrazone groups is 1. The van der Waals surface area contributed by atoms with Crippen LogP contribution >= 0.6 is 12.2 Å². The van der Waals surface area contributed by atoms with Crippen LogP contribution in [0.15, 0.2) is 77.6 Å². The Bertz CT molecular complexity index is 1440. The Morgan fingerprint density at radius 2 is 1.95 bits per heavy atom. The minimum Gasteiger partial charge on any atom is -0.406 e. The number of fused-ring (bicyclic) bond motifs is 3. The van der Waals surface area contributed by atoms with Crippen LogP contribution in [0.2, 0.25) is 0 Å². The van der Waals surface area contributed by atoms with Gasteiger partial charge in [0, 0.05) is 5.56 Å². The Balaban J connectivity index is 1.26. The van der Waals surface area contributed by atoms with Crippen LogP contribution in [-0.4, -0.2) is 33.5 Å². The Morgan fingerprint density at radius 1 is 1.16 bits per heavy atom. The van der Waals surface area contributed by atoms with Gasteiger partial charge < -0.3 is 10.1 Å². The lowest BCUT2D eigenvalue weighted by Crippen LogP contribution is -2.44. The number of allylic oxidation sites excluding steroid dienone is 2. The van der Waals surface area contributed by atoms with Gasteiger partial charge in [-0.25, -0.2) is 4.68 Å². The first kappa shape index (κ1) is 25.7. The van der Waals surface area contributed by atoms with E-state index in [2.05, 4.69) is 63.8 Å². The number of alkyl halides is 3.